The molecule has 0 fully saturated rings. The van der Waals surface area contributed by atoms with Crippen molar-refractivity contribution in [1.82, 2.24) is 5.32 Å². The van der Waals surface area contributed by atoms with Crippen molar-refractivity contribution in [3.8, 4) is 5.75 Å². The highest BCUT2D eigenvalue weighted by molar-refractivity contribution is 5.94. The van der Waals surface area contributed by atoms with Crippen molar-refractivity contribution in [2.24, 2.45) is 5.73 Å². The minimum absolute atomic E-state index is 0. The quantitative estimate of drug-likeness (QED) is 0.843. The van der Waals surface area contributed by atoms with Gasteiger partial charge in [0.05, 0.1) is 6.61 Å². The summed E-state index contributed by atoms with van der Waals surface area (Å²) in [4.78, 5) is 11.7. The van der Waals surface area contributed by atoms with Crippen LogP contribution in [0.25, 0.3) is 0 Å². The van der Waals surface area contributed by atoms with Gasteiger partial charge in [-0.25, -0.2) is 0 Å². The summed E-state index contributed by atoms with van der Waals surface area (Å²) in [6, 6.07) is 7.03. The first-order chi connectivity index (χ1) is 7.67. The van der Waals surface area contributed by atoms with Gasteiger partial charge in [-0.2, -0.15) is 0 Å². The zero-order valence-electron chi connectivity index (χ0n) is 10.1. The van der Waals surface area contributed by atoms with Crippen molar-refractivity contribution in [3.63, 3.8) is 0 Å². The maximum atomic E-state index is 11.7. The van der Waals surface area contributed by atoms with Crippen molar-refractivity contribution < 1.29 is 9.53 Å². The van der Waals surface area contributed by atoms with Gasteiger partial charge in [-0.1, -0.05) is 0 Å². The number of benzene rings is 1. The summed E-state index contributed by atoms with van der Waals surface area (Å²) in [5.74, 6) is 0.659. The smallest absolute Gasteiger partial charge is 0.251 e. The monoisotopic (exact) mass is 258 g/mol. The standard InChI is InChI=1S/C12H18N2O2.ClH/c1-3-16-11-6-4-10(5-7-11)12(15)14-9(2)8-13;/h4-7,9H,3,8,13H2,1-2H3,(H,14,15);1H/t9-;/m1./s1. The molecule has 0 spiro atoms. The molecule has 0 aromatic heterocycles. The summed E-state index contributed by atoms with van der Waals surface area (Å²) >= 11 is 0. The Labute approximate surface area is 108 Å². The molecule has 4 nitrogen and oxygen atoms in total. The summed E-state index contributed by atoms with van der Waals surface area (Å²) in [5.41, 5.74) is 6.04. The molecule has 96 valence electrons. The number of hydrogen-bond acceptors (Lipinski definition) is 3. The minimum atomic E-state index is -0.110. The van der Waals surface area contributed by atoms with Gasteiger partial charge < -0.3 is 15.8 Å². The predicted molar refractivity (Wildman–Crippen MR) is 70.8 cm³/mol. The van der Waals surface area contributed by atoms with Gasteiger partial charge in [0.25, 0.3) is 5.91 Å². The third-order valence-corrected chi connectivity index (χ3v) is 2.16. The topological polar surface area (TPSA) is 64.3 Å². The summed E-state index contributed by atoms with van der Waals surface area (Å²) < 4.78 is 5.29. The Morgan fingerprint density at radius 3 is 2.47 bits per heavy atom. The SMILES string of the molecule is CCOc1ccc(C(=O)N[C@H](C)CN)cc1.Cl. The van der Waals surface area contributed by atoms with E-state index in [1.54, 1.807) is 24.3 Å². The summed E-state index contributed by atoms with van der Waals surface area (Å²) in [7, 11) is 0. The van der Waals surface area contributed by atoms with Crippen LogP contribution in [0.5, 0.6) is 5.75 Å². The first-order valence-electron chi connectivity index (χ1n) is 5.41. The molecule has 1 aromatic rings. The number of carbonyl (C=O) groups excluding carboxylic acids is 1. The molecule has 0 saturated heterocycles. The lowest BCUT2D eigenvalue weighted by Gasteiger charge is -2.11. The van der Waals surface area contributed by atoms with Gasteiger partial charge >= 0.3 is 0 Å². The maximum absolute atomic E-state index is 11.7. The highest BCUT2D eigenvalue weighted by Gasteiger charge is 2.08. The van der Waals surface area contributed by atoms with Gasteiger partial charge in [-0.05, 0) is 38.1 Å². The van der Waals surface area contributed by atoms with E-state index >= 15 is 0 Å². The number of ether oxygens (including phenoxy) is 1. The second-order valence-corrected chi connectivity index (χ2v) is 3.57. The predicted octanol–water partition coefficient (Wildman–Crippen LogP) is 1.58. The minimum Gasteiger partial charge on any atom is -0.494 e. The Balaban J connectivity index is 0.00000256. The molecule has 0 heterocycles. The summed E-state index contributed by atoms with van der Waals surface area (Å²) in [6.45, 7) is 4.84. The normalized spacial score (nSPS) is 11.2. The first-order valence-corrected chi connectivity index (χ1v) is 5.41. The average molecular weight is 259 g/mol. The molecule has 0 bridgehead atoms. The van der Waals surface area contributed by atoms with Crippen LogP contribution in [0.3, 0.4) is 0 Å². The highest BCUT2D eigenvalue weighted by Crippen LogP contribution is 2.11. The van der Waals surface area contributed by atoms with Crippen LogP contribution in [0.1, 0.15) is 24.2 Å². The van der Waals surface area contributed by atoms with Crippen LogP contribution in [0.4, 0.5) is 0 Å². The molecular formula is C12H19ClN2O2. The van der Waals surface area contributed by atoms with E-state index in [2.05, 4.69) is 5.32 Å². The van der Waals surface area contributed by atoms with Gasteiger partial charge in [0.15, 0.2) is 0 Å². The lowest BCUT2D eigenvalue weighted by atomic mass is 10.2. The summed E-state index contributed by atoms with van der Waals surface area (Å²) in [6.07, 6.45) is 0. The van der Waals surface area contributed by atoms with Gasteiger partial charge in [0, 0.05) is 18.2 Å². The molecule has 0 unspecified atom stereocenters. The molecule has 1 aromatic carbocycles. The van der Waals surface area contributed by atoms with Crippen LogP contribution < -0.4 is 15.8 Å². The van der Waals surface area contributed by atoms with Crippen LogP contribution in [-0.2, 0) is 0 Å². The third kappa shape index (κ3) is 5.06. The van der Waals surface area contributed by atoms with Gasteiger partial charge in [0.2, 0.25) is 0 Å². The largest absolute Gasteiger partial charge is 0.494 e. The average Bonchev–Trinajstić information content (AvgIpc) is 2.30. The number of carbonyl (C=O) groups is 1. The molecule has 1 rings (SSSR count). The van der Waals surface area contributed by atoms with Crippen molar-refractivity contribution in [1.29, 1.82) is 0 Å². The lowest BCUT2D eigenvalue weighted by Crippen LogP contribution is -2.37. The lowest BCUT2D eigenvalue weighted by molar-refractivity contribution is 0.0941. The van der Waals surface area contributed by atoms with Crippen molar-refractivity contribution in [2.75, 3.05) is 13.2 Å². The second-order valence-electron chi connectivity index (χ2n) is 3.57. The van der Waals surface area contributed by atoms with E-state index in [0.29, 0.717) is 18.7 Å². The fourth-order valence-corrected chi connectivity index (χ4v) is 1.24. The van der Waals surface area contributed by atoms with Gasteiger partial charge in [0.1, 0.15) is 5.75 Å². The van der Waals surface area contributed by atoms with E-state index in [4.69, 9.17) is 10.5 Å². The van der Waals surface area contributed by atoms with E-state index in [1.165, 1.54) is 0 Å². The number of halogens is 1. The second kappa shape index (κ2) is 7.92. The molecular weight excluding hydrogens is 240 g/mol. The number of hydrogen-bond donors (Lipinski definition) is 2. The molecule has 1 atom stereocenters. The molecule has 0 aliphatic heterocycles. The van der Waals surface area contributed by atoms with Crippen LogP contribution in [-0.4, -0.2) is 25.1 Å². The van der Waals surface area contributed by atoms with E-state index in [-0.39, 0.29) is 24.4 Å². The molecule has 3 N–H and O–H groups in total. The fourth-order valence-electron chi connectivity index (χ4n) is 1.24. The van der Waals surface area contributed by atoms with E-state index in [9.17, 15) is 4.79 Å². The maximum Gasteiger partial charge on any atom is 0.251 e. The first kappa shape index (κ1) is 15.7. The zero-order valence-corrected chi connectivity index (χ0v) is 10.9. The number of amides is 1. The van der Waals surface area contributed by atoms with Crippen LogP contribution in [0, 0.1) is 0 Å². The van der Waals surface area contributed by atoms with E-state index in [1.807, 2.05) is 13.8 Å². The van der Waals surface area contributed by atoms with Crippen molar-refractivity contribution in [2.45, 2.75) is 19.9 Å². The molecule has 0 radical (unpaired) electrons. The molecule has 0 saturated carbocycles. The molecule has 0 aliphatic rings. The van der Waals surface area contributed by atoms with Crippen LogP contribution >= 0.6 is 12.4 Å². The van der Waals surface area contributed by atoms with Crippen LogP contribution in [0.15, 0.2) is 24.3 Å². The number of nitrogens with one attached hydrogen (secondary N) is 1. The highest BCUT2D eigenvalue weighted by atomic mass is 35.5. The van der Waals surface area contributed by atoms with Gasteiger partial charge in [-0.15, -0.1) is 12.4 Å². The third-order valence-electron chi connectivity index (χ3n) is 2.16. The van der Waals surface area contributed by atoms with Crippen molar-refractivity contribution >= 4 is 18.3 Å². The zero-order chi connectivity index (χ0) is 12.0. The summed E-state index contributed by atoms with van der Waals surface area (Å²) in [5, 5.41) is 2.79. The fraction of sp³-hybridized carbons (Fsp3) is 0.417. The van der Waals surface area contributed by atoms with Crippen molar-refractivity contribution in [3.05, 3.63) is 29.8 Å². The molecule has 0 aliphatic carbocycles. The molecule has 5 heteroatoms. The van der Waals surface area contributed by atoms with Gasteiger partial charge in [-0.3, -0.25) is 4.79 Å². The van der Waals surface area contributed by atoms with E-state index in [0.717, 1.165) is 5.75 Å². The van der Waals surface area contributed by atoms with E-state index < -0.39 is 0 Å². The molecule has 17 heavy (non-hydrogen) atoms. The Bertz CT molecular complexity index is 341. The number of nitrogens with two attached hydrogens (primary N) is 1. The number of rotatable bonds is 5. The Morgan fingerprint density at radius 2 is 2.00 bits per heavy atom. The Kier molecular flexibility index (Phi) is 7.34. The Hall–Kier alpha value is -1.26. The Morgan fingerprint density at radius 1 is 1.41 bits per heavy atom. The van der Waals surface area contributed by atoms with Crippen LogP contribution in [0.2, 0.25) is 0 Å². The molecule has 1 amide bonds.